The Bertz CT molecular complexity index is 246. The van der Waals surface area contributed by atoms with Crippen molar-refractivity contribution in [1.29, 1.82) is 0 Å². The smallest absolute Gasteiger partial charge is 0.0371 e. The van der Waals surface area contributed by atoms with Crippen molar-refractivity contribution >= 4 is 17.4 Å². The van der Waals surface area contributed by atoms with Gasteiger partial charge in [0.05, 0.1) is 0 Å². The van der Waals surface area contributed by atoms with E-state index in [0.717, 1.165) is 12.2 Å². The minimum absolute atomic E-state index is 0.281. The third-order valence-corrected chi connectivity index (χ3v) is 3.20. The van der Waals surface area contributed by atoms with Gasteiger partial charge in [0, 0.05) is 29.4 Å². The van der Waals surface area contributed by atoms with Crippen molar-refractivity contribution in [2.45, 2.75) is 18.6 Å². The van der Waals surface area contributed by atoms with Gasteiger partial charge in [-0.2, -0.15) is 11.8 Å². The molecule has 1 rings (SSSR count). The summed E-state index contributed by atoms with van der Waals surface area (Å²) in [6, 6.07) is 3.97. The Morgan fingerprint density at radius 3 is 2.54 bits per heavy atom. The topological polar surface area (TPSA) is 24.9 Å². The highest BCUT2D eigenvalue weighted by atomic mass is 32.2. The predicted molar refractivity (Wildman–Crippen MR) is 60.3 cm³/mol. The summed E-state index contributed by atoms with van der Waals surface area (Å²) in [4.78, 5) is 3.96. The SMILES string of the molecule is CSC(C)(C)CNc1ccncc1. The van der Waals surface area contributed by atoms with E-state index in [1.54, 1.807) is 12.4 Å². The molecule has 0 saturated carbocycles. The molecule has 13 heavy (non-hydrogen) atoms. The molecule has 1 N–H and O–H groups in total. The molecule has 0 aliphatic rings. The van der Waals surface area contributed by atoms with Crippen LogP contribution < -0.4 is 5.32 Å². The Labute approximate surface area is 84.1 Å². The van der Waals surface area contributed by atoms with Crippen LogP contribution in [-0.4, -0.2) is 22.5 Å². The van der Waals surface area contributed by atoms with E-state index in [4.69, 9.17) is 0 Å². The van der Waals surface area contributed by atoms with Crippen LogP contribution in [0, 0.1) is 0 Å². The molecular weight excluding hydrogens is 180 g/mol. The zero-order valence-electron chi connectivity index (χ0n) is 8.37. The first-order valence-electron chi connectivity index (χ1n) is 4.33. The number of nitrogens with one attached hydrogen (secondary N) is 1. The second-order valence-electron chi connectivity index (χ2n) is 3.55. The molecule has 72 valence electrons. The fraction of sp³-hybridized carbons (Fsp3) is 0.500. The molecule has 0 aromatic carbocycles. The van der Waals surface area contributed by atoms with Crippen molar-refractivity contribution in [2.75, 3.05) is 18.1 Å². The molecule has 0 amide bonds. The molecule has 0 aliphatic carbocycles. The number of thioether (sulfide) groups is 1. The van der Waals surface area contributed by atoms with E-state index in [9.17, 15) is 0 Å². The number of anilines is 1. The van der Waals surface area contributed by atoms with Gasteiger partial charge in [-0.05, 0) is 32.2 Å². The van der Waals surface area contributed by atoms with E-state index in [1.807, 2.05) is 23.9 Å². The number of rotatable bonds is 4. The average molecular weight is 196 g/mol. The lowest BCUT2D eigenvalue weighted by molar-refractivity contribution is 0.752. The fourth-order valence-electron chi connectivity index (χ4n) is 0.857. The van der Waals surface area contributed by atoms with Gasteiger partial charge < -0.3 is 5.32 Å². The molecule has 0 bridgehead atoms. The quantitative estimate of drug-likeness (QED) is 0.801. The Morgan fingerprint density at radius 1 is 1.38 bits per heavy atom. The van der Waals surface area contributed by atoms with E-state index >= 15 is 0 Å². The molecule has 1 aromatic heterocycles. The summed E-state index contributed by atoms with van der Waals surface area (Å²) >= 11 is 1.87. The third-order valence-electron chi connectivity index (χ3n) is 1.95. The molecule has 1 aromatic rings. The molecule has 0 radical (unpaired) electrons. The standard InChI is InChI=1S/C10H16N2S/c1-10(2,13-3)8-12-9-4-6-11-7-5-9/h4-7H,8H2,1-3H3,(H,11,12). The zero-order valence-corrected chi connectivity index (χ0v) is 9.19. The second kappa shape index (κ2) is 4.51. The second-order valence-corrected chi connectivity index (χ2v) is 5.07. The van der Waals surface area contributed by atoms with E-state index in [1.165, 1.54) is 0 Å². The Balaban J connectivity index is 2.44. The minimum atomic E-state index is 0.281. The van der Waals surface area contributed by atoms with Gasteiger partial charge in [-0.1, -0.05) is 0 Å². The molecule has 0 spiro atoms. The van der Waals surface area contributed by atoms with Crippen LogP contribution in [0.15, 0.2) is 24.5 Å². The van der Waals surface area contributed by atoms with Crippen LogP contribution in [0.4, 0.5) is 5.69 Å². The van der Waals surface area contributed by atoms with Gasteiger partial charge in [-0.3, -0.25) is 4.98 Å². The fourth-order valence-corrected chi connectivity index (χ4v) is 1.07. The van der Waals surface area contributed by atoms with Crippen molar-refractivity contribution in [2.24, 2.45) is 0 Å². The van der Waals surface area contributed by atoms with Crippen LogP contribution in [-0.2, 0) is 0 Å². The summed E-state index contributed by atoms with van der Waals surface area (Å²) in [7, 11) is 0. The zero-order chi connectivity index (χ0) is 9.73. The molecule has 0 saturated heterocycles. The lowest BCUT2D eigenvalue weighted by atomic mass is 10.2. The van der Waals surface area contributed by atoms with Gasteiger partial charge in [-0.15, -0.1) is 0 Å². The lowest BCUT2D eigenvalue weighted by Gasteiger charge is -2.22. The van der Waals surface area contributed by atoms with Crippen molar-refractivity contribution in [3.63, 3.8) is 0 Å². The molecule has 3 heteroatoms. The maximum atomic E-state index is 3.96. The number of hydrogen-bond donors (Lipinski definition) is 1. The predicted octanol–water partition coefficient (Wildman–Crippen LogP) is 2.64. The Kier molecular flexibility index (Phi) is 3.60. The Hall–Kier alpha value is -0.700. The molecule has 0 unspecified atom stereocenters. The van der Waals surface area contributed by atoms with Gasteiger partial charge >= 0.3 is 0 Å². The van der Waals surface area contributed by atoms with Crippen LogP contribution >= 0.6 is 11.8 Å². The van der Waals surface area contributed by atoms with Gasteiger partial charge in [0.25, 0.3) is 0 Å². The molecule has 0 atom stereocenters. The number of nitrogens with zero attached hydrogens (tertiary/aromatic N) is 1. The summed E-state index contributed by atoms with van der Waals surface area (Å²) in [5.74, 6) is 0. The van der Waals surface area contributed by atoms with Gasteiger partial charge in [0.1, 0.15) is 0 Å². The molecule has 2 nitrogen and oxygen atoms in total. The largest absolute Gasteiger partial charge is 0.384 e. The molecule has 1 heterocycles. The molecule has 0 aliphatic heterocycles. The first-order valence-corrected chi connectivity index (χ1v) is 5.55. The van der Waals surface area contributed by atoms with Gasteiger partial charge in [-0.25, -0.2) is 0 Å². The molecule has 0 fully saturated rings. The monoisotopic (exact) mass is 196 g/mol. The molecular formula is C10H16N2S. The summed E-state index contributed by atoms with van der Waals surface area (Å²) in [6.45, 7) is 5.43. The highest BCUT2D eigenvalue weighted by molar-refractivity contribution is 7.99. The lowest BCUT2D eigenvalue weighted by Crippen LogP contribution is -2.25. The third kappa shape index (κ3) is 3.68. The maximum absolute atomic E-state index is 3.96. The van der Waals surface area contributed by atoms with Crippen molar-refractivity contribution < 1.29 is 0 Å². The summed E-state index contributed by atoms with van der Waals surface area (Å²) in [5, 5.41) is 3.38. The van der Waals surface area contributed by atoms with Crippen molar-refractivity contribution in [3.8, 4) is 0 Å². The first kappa shape index (κ1) is 10.4. The number of aromatic nitrogens is 1. The van der Waals surface area contributed by atoms with Gasteiger partial charge in [0.15, 0.2) is 0 Å². The van der Waals surface area contributed by atoms with Crippen molar-refractivity contribution in [1.82, 2.24) is 4.98 Å². The normalized spacial score (nSPS) is 11.3. The minimum Gasteiger partial charge on any atom is -0.384 e. The number of hydrogen-bond acceptors (Lipinski definition) is 3. The number of pyridine rings is 1. The summed E-state index contributed by atoms with van der Waals surface area (Å²) in [5.41, 5.74) is 1.14. The van der Waals surface area contributed by atoms with Gasteiger partial charge in [0.2, 0.25) is 0 Å². The highest BCUT2D eigenvalue weighted by Crippen LogP contribution is 2.21. The maximum Gasteiger partial charge on any atom is 0.0371 e. The first-order chi connectivity index (χ1) is 6.14. The Morgan fingerprint density at radius 2 is 2.00 bits per heavy atom. The van der Waals surface area contributed by atoms with Crippen molar-refractivity contribution in [3.05, 3.63) is 24.5 Å². The van der Waals surface area contributed by atoms with Crippen LogP contribution in [0.2, 0.25) is 0 Å². The van der Waals surface area contributed by atoms with Crippen LogP contribution in [0.5, 0.6) is 0 Å². The van der Waals surface area contributed by atoms with Crippen LogP contribution in [0.3, 0.4) is 0 Å². The van der Waals surface area contributed by atoms with E-state index < -0.39 is 0 Å². The van der Waals surface area contributed by atoms with E-state index in [-0.39, 0.29) is 4.75 Å². The van der Waals surface area contributed by atoms with E-state index in [2.05, 4.69) is 30.4 Å². The highest BCUT2D eigenvalue weighted by Gasteiger charge is 2.14. The summed E-state index contributed by atoms with van der Waals surface area (Å²) in [6.07, 6.45) is 5.73. The van der Waals surface area contributed by atoms with E-state index in [0.29, 0.717) is 0 Å². The van der Waals surface area contributed by atoms with Crippen LogP contribution in [0.1, 0.15) is 13.8 Å². The van der Waals surface area contributed by atoms with Crippen LogP contribution in [0.25, 0.3) is 0 Å². The summed E-state index contributed by atoms with van der Waals surface area (Å²) < 4.78 is 0.281. The average Bonchev–Trinajstić information content (AvgIpc) is 2.17.